The molecule has 0 N–H and O–H groups in total. The fraction of sp³-hybridized carbons (Fsp3) is 0.471. The normalized spacial score (nSPS) is 17.1. The third kappa shape index (κ3) is 3.18. The summed E-state index contributed by atoms with van der Waals surface area (Å²) in [6.07, 6.45) is -1.36. The molecular formula is C17H20O5. The number of rotatable bonds is 5. The van der Waals surface area contributed by atoms with E-state index < -0.39 is 29.6 Å². The first-order valence-electron chi connectivity index (χ1n) is 7.37. The van der Waals surface area contributed by atoms with Gasteiger partial charge in [-0.3, -0.25) is 14.4 Å². The Kier molecular flexibility index (Phi) is 4.64. The molecule has 0 aliphatic heterocycles. The summed E-state index contributed by atoms with van der Waals surface area (Å²) >= 11 is 0. The SMILES string of the molecule is CC(C)COc1ccc2c(c1)C(=O)C(OC(=O)C(C)C)C2=O. The molecule has 1 aromatic carbocycles. The largest absolute Gasteiger partial charge is 0.493 e. The highest BCUT2D eigenvalue weighted by Gasteiger charge is 2.42. The lowest BCUT2D eigenvalue weighted by atomic mass is 10.1. The number of carbonyl (C=O) groups excluding carboxylic acids is 3. The van der Waals surface area contributed by atoms with Gasteiger partial charge in [0.1, 0.15) is 5.75 Å². The number of Topliss-reactive ketones (excluding diaryl/α,β-unsaturated/α-hetero) is 2. The fourth-order valence-corrected chi connectivity index (χ4v) is 2.06. The second-order valence-corrected chi connectivity index (χ2v) is 6.11. The Morgan fingerprint density at radius 2 is 1.73 bits per heavy atom. The zero-order valence-corrected chi connectivity index (χ0v) is 13.2. The van der Waals surface area contributed by atoms with E-state index >= 15 is 0 Å². The Hall–Kier alpha value is -2.17. The number of esters is 1. The summed E-state index contributed by atoms with van der Waals surface area (Å²) < 4.78 is 10.6. The van der Waals surface area contributed by atoms with Crippen molar-refractivity contribution >= 4 is 17.5 Å². The van der Waals surface area contributed by atoms with Crippen LogP contribution in [-0.4, -0.2) is 30.2 Å². The molecule has 1 unspecified atom stereocenters. The van der Waals surface area contributed by atoms with E-state index in [1.165, 1.54) is 0 Å². The topological polar surface area (TPSA) is 69.7 Å². The van der Waals surface area contributed by atoms with E-state index in [0.29, 0.717) is 18.3 Å². The molecule has 0 radical (unpaired) electrons. The van der Waals surface area contributed by atoms with Crippen LogP contribution in [0.3, 0.4) is 0 Å². The number of ether oxygens (including phenoxy) is 2. The third-order valence-electron chi connectivity index (χ3n) is 3.29. The van der Waals surface area contributed by atoms with Crippen molar-refractivity contribution in [3.8, 4) is 5.75 Å². The zero-order chi connectivity index (χ0) is 16.4. The van der Waals surface area contributed by atoms with Gasteiger partial charge in [-0.25, -0.2) is 0 Å². The van der Waals surface area contributed by atoms with E-state index in [1.807, 2.05) is 13.8 Å². The molecule has 1 aliphatic rings. The minimum absolute atomic E-state index is 0.257. The van der Waals surface area contributed by atoms with Crippen LogP contribution >= 0.6 is 0 Å². The van der Waals surface area contributed by atoms with E-state index in [0.717, 1.165) is 0 Å². The molecule has 1 aromatic rings. The molecule has 5 nitrogen and oxygen atoms in total. The summed E-state index contributed by atoms with van der Waals surface area (Å²) in [7, 11) is 0. The van der Waals surface area contributed by atoms with E-state index in [-0.39, 0.29) is 11.1 Å². The van der Waals surface area contributed by atoms with Gasteiger partial charge in [0, 0.05) is 11.1 Å². The van der Waals surface area contributed by atoms with Crippen molar-refractivity contribution in [3.05, 3.63) is 29.3 Å². The van der Waals surface area contributed by atoms with Gasteiger partial charge in [0.2, 0.25) is 17.7 Å². The maximum atomic E-state index is 12.3. The van der Waals surface area contributed by atoms with Crippen molar-refractivity contribution in [2.24, 2.45) is 11.8 Å². The van der Waals surface area contributed by atoms with Crippen molar-refractivity contribution in [1.29, 1.82) is 0 Å². The van der Waals surface area contributed by atoms with Crippen LogP contribution in [0.4, 0.5) is 0 Å². The Bertz CT molecular complexity index is 615. The molecule has 1 atom stereocenters. The average molecular weight is 304 g/mol. The monoisotopic (exact) mass is 304 g/mol. The van der Waals surface area contributed by atoms with Gasteiger partial charge >= 0.3 is 5.97 Å². The molecule has 2 rings (SSSR count). The van der Waals surface area contributed by atoms with Gasteiger partial charge in [-0.15, -0.1) is 0 Å². The molecule has 1 aliphatic carbocycles. The zero-order valence-electron chi connectivity index (χ0n) is 13.2. The lowest BCUT2D eigenvalue weighted by molar-refractivity contribution is -0.148. The molecule has 0 heterocycles. The van der Waals surface area contributed by atoms with Crippen LogP contribution < -0.4 is 4.74 Å². The Labute approximate surface area is 129 Å². The Balaban J connectivity index is 2.20. The fourth-order valence-electron chi connectivity index (χ4n) is 2.06. The van der Waals surface area contributed by atoms with Gasteiger partial charge in [-0.2, -0.15) is 0 Å². The second-order valence-electron chi connectivity index (χ2n) is 6.11. The minimum atomic E-state index is -1.36. The summed E-state index contributed by atoms with van der Waals surface area (Å²) in [6, 6.07) is 4.74. The van der Waals surface area contributed by atoms with Crippen LogP contribution in [0.2, 0.25) is 0 Å². The number of ketones is 2. The van der Waals surface area contributed by atoms with Crippen LogP contribution in [0.15, 0.2) is 18.2 Å². The minimum Gasteiger partial charge on any atom is -0.493 e. The Morgan fingerprint density at radius 3 is 2.32 bits per heavy atom. The van der Waals surface area contributed by atoms with Crippen LogP contribution in [0.5, 0.6) is 5.75 Å². The van der Waals surface area contributed by atoms with Crippen LogP contribution in [0, 0.1) is 11.8 Å². The molecule has 5 heteroatoms. The molecule has 0 amide bonds. The number of fused-ring (bicyclic) bond motifs is 1. The second kappa shape index (κ2) is 6.30. The quantitative estimate of drug-likeness (QED) is 0.618. The highest BCUT2D eigenvalue weighted by atomic mass is 16.6. The molecular weight excluding hydrogens is 284 g/mol. The van der Waals surface area contributed by atoms with E-state index in [2.05, 4.69) is 0 Å². The molecule has 118 valence electrons. The number of carbonyl (C=O) groups is 3. The summed E-state index contributed by atoms with van der Waals surface area (Å²) in [5.74, 6) is -1.02. The average Bonchev–Trinajstić information content (AvgIpc) is 2.69. The first kappa shape index (κ1) is 16.2. The van der Waals surface area contributed by atoms with E-state index in [4.69, 9.17) is 9.47 Å². The van der Waals surface area contributed by atoms with Gasteiger partial charge in [-0.1, -0.05) is 27.7 Å². The molecule has 0 bridgehead atoms. The number of benzene rings is 1. The first-order valence-corrected chi connectivity index (χ1v) is 7.37. The van der Waals surface area contributed by atoms with Crippen molar-refractivity contribution in [1.82, 2.24) is 0 Å². The predicted octanol–water partition coefficient (Wildman–Crippen LogP) is 2.67. The van der Waals surface area contributed by atoms with Gasteiger partial charge in [-0.05, 0) is 24.1 Å². The van der Waals surface area contributed by atoms with Crippen LogP contribution in [0.1, 0.15) is 48.4 Å². The van der Waals surface area contributed by atoms with Gasteiger partial charge in [0.15, 0.2) is 0 Å². The third-order valence-corrected chi connectivity index (χ3v) is 3.29. The molecule has 0 spiro atoms. The van der Waals surface area contributed by atoms with Gasteiger partial charge < -0.3 is 9.47 Å². The molecule has 0 fully saturated rings. The van der Waals surface area contributed by atoms with Crippen molar-refractivity contribution in [2.75, 3.05) is 6.61 Å². The molecule has 22 heavy (non-hydrogen) atoms. The summed E-state index contributed by atoms with van der Waals surface area (Å²) in [5.41, 5.74) is 0.538. The highest BCUT2D eigenvalue weighted by Crippen LogP contribution is 2.28. The lowest BCUT2D eigenvalue weighted by Gasteiger charge is -2.11. The van der Waals surface area contributed by atoms with Crippen molar-refractivity contribution in [3.63, 3.8) is 0 Å². The maximum Gasteiger partial charge on any atom is 0.309 e. The van der Waals surface area contributed by atoms with Crippen LogP contribution in [0.25, 0.3) is 0 Å². The maximum absolute atomic E-state index is 12.3. The lowest BCUT2D eigenvalue weighted by Crippen LogP contribution is -2.30. The molecule has 0 aromatic heterocycles. The summed E-state index contributed by atoms with van der Waals surface area (Å²) in [6.45, 7) is 7.86. The van der Waals surface area contributed by atoms with E-state index in [9.17, 15) is 14.4 Å². The predicted molar refractivity (Wildman–Crippen MR) is 80.2 cm³/mol. The van der Waals surface area contributed by atoms with E-state index in [1.54, 1.807) is 32.0 Å². The number of hydrogen-bond acceptors (Lipinski definition) is 5. The van der Waals surface area contributed by atoms with Gasteiger partial charge in [0.05, 0.1) is 12.5 Å². The molecule has 0 saturated carbocycles. The molecule has 0 saturated heterocycles. The van der Waals surface area contributed by atoms with Crippen LogP contribution in [-0.2, 0) is 9.53 Å². The van der Waals surface area contributed by atoms with Crippen molar-refractivity contribution in [2.45, 2.75) is 33.8 Å². The Morgan fingerprint density at radius 1 is 1.09 bits per heavy atom. The first-order chi connectivity index (χ1) is 10.3. The van der Waals surface area contributed by atoms with Crippen molar-refractivity contribution < 1.29 is 23.9 Å². The summed E-state index contributed by atoms with van der Waals surface area (Å²) in [4.78, 5) is 36.1. The summed E-state index contributed by atoms with van der Waals surface area (Å²) in [5, 5.41) is 0. The number of hydrogen-bond donors (Lipinski definition) is 0. The smallest absolute Gasteiger partial charge is 0.309 e. The van der Waals surface area contributed by atoms with Gasteiger partial charge in [0.25, 0.3) is 0 Å². The highest BCUT2D eigenvalue weighted by molar-refractivity contribution is 6.29. The standard InChI is InChI=1S/C17H20O5/c1-9(2)8-21-11-5-6-12-13(7-11)15(19)16(14(12)18)22-17(20)10(3)4/h5-7,9-10,16H,8H2,1-4H3.